The van der Waals surface area contributed by atoms with Crippen LogP contribution in [0.4, 0.5) is 0 Å². The Morgan fingerprint density at radius 1 is 1.36 bits per heavy atom. The summed E-state index contributed by atoms with van der Waals surface area (Å²) in [5.41, 5.74) is -0.365. The van der Waals surface area contributed by atoms with E-state index in [1.807, 2.05) is 0 Å². The molecule has 0 aromatic carbocycles. The number of aliphatic carboxylic acids is 1. The second kappa shape index (κ2) is 3.87. The van der Waals surface area contributed by atoms with E-state index in [4.69, 9.17) is 14.6 Å². The summed E-state index contributed by atoms with van der Waals surface area (Å²) in [7, 11) is 0. The van der Waals surface area contributed by atoms with Gasteiger partial charge in [-0.25, -0.2) is 0 Å². The van der Waals surface area contributed by atoms with Gasteiger partial charge in [0, 0.05) is 19.6 Å². The molecular formula is C10H16O4. The lowest BCUT2D eigenvalue weighted by molar-refractivity contribution is -0.205. The summed E-state index contributed by atoms with van der Waals surface area (Å²) >= 11 is 0. The van der Waals surface area contributed by atoms with Gasteiger partial charge >= 0.3 is 5.97 Å². The number of rotatable bonds is 3. The maximum Gasteiger partial charge on any atom is 0.306 e. The fraction of sp³-hybridized carbons (Fsp3) is 0.900. The molecule has 2 saturated heterocycles. The fourth-order valence-electron chi connectivity index (χ4n) is 2.45. The van der Waals surface area contributed by atoms with E-state index in [0.717, 1.165) is 32.5 Å². The minimum atomic E-state index is -0.754. The van der Waals surface area contributed by atoms with Crippen molar-refractivity contribution in [3.8, 4) is 0 Å². The molecule has 2 aliphatic heterocycles. The predicted molar refractivity (Wildman–Crippen MR) is 49.1 cm³/mol. The molecule has 2 heterocycles. The molecule has 0 saturated carbocycles. The molecule has 0 aliphatic carbocycles. The lowest BCUT2D eigenvalue weighted by Crippen LogP contribution is -2.52. The maximum atomic E-state index is 10.7. The van der Waals surface area contributed by atoms with Gasteiger partial charge in [-0.3, -0.25) is 4.79 Å². The molecule has 2 rings (SSSR count). The average Bonchev–Trinajstić information content (AvgIpc) is 2.12. The first-order chi connectivity index (χ1) is 6.73. The zero-order valence-corrected chi connectivity index (χ0v) is 8.20. The van der Waals surface area contributed by atoms with Crippen molar-refractivity contribution in [2.24, 2.45) is 5.92 Å². The van der Waals surface area contributed by atoms with Gasteiger partial charge in [-0.15, -0.1) is 0 Å². The van der Waals surface area contributed by atoms with Gasteiger partial charge < -0.3 is 14.6 Å². The highest BCUT2D eigenvalue weighted by Crippen LogP contribution is 2.42. The monoisotopic (exact) mass is 200 g/mol. The Kier molecular flexibility index (Phi) is 2.74. The van der Waals surface area contributed by atoms with E-state index >= 15 is 0 Å². The molecule has 0 aromatic heterocycles. The van der Waals surface area contributed by atoms with Crippen molar-refractivity contribution in [1.29, 1.82) is 0 Å². The number of ether oxygens (including phenoxy) is 2. The fourth-order valence-corrected chi connectivity index (χ4v) is 2.45. The van der Waals surface area contributed by atoms with Crippen LogP contribution in [0.5, 0.6) is 0 Å². The third-order valence-electron chi connectivity index (χ3n) is 3.33. The van der Waals surface area contributed by atoms with E-state index in [-0.39, 0.29) is 12.0 Å². The Balaban J connectivity index is 1.99. The van der Waals surface area contributed by atoms with E-state index in [9.17, 15) is 4.79 Å². The molecule has 80 valence electrons. The van der Waals surface area contributed by atoms with Crippen molar-refractivity contribution in [3.05, 3.63) is 0 Å². The van der Waals surface area contributed by atoms with E-state index in [1.54, 1.807) is 0 Å². The van der Waals surface area contributed by atoms with Crippen LogP contribution < -0.4 is 0 Å². The largest absolute Gasteiger partial charge is 0.481 e. The lowest BCUT2D eigenvalue weighted by Gasteiger charge is -2.48. The van der Waals surface area contributed by atoms with Crippen LogP contribution in [-0.4, -0.2) is 36.5 Å². The van der Waals surface area contributed by atoms with Gasteiger partial charge in [0.2, 0.25) is 0 Å². The van der Waals surface area contributed by atoms with Crippen LogP contribution in [0.15, 0.2) is 0 Å². The van der Waals surface area contributed by atoms with Crippen molar-refractivity contribution in [1.82, 2.24) is 0 Å². The summed E-state index contributed by atoms with van der Waals surface area (Å²) in [6, 6.07) is 0. The maximum absolute atomic E-state index is 10.7. The molecule has 4 heteroatoms. The van der Waals surface area contributed by atoms with Crippen molar-refractivity contribution in [3.63, 3.8) is 0 Å². The van der Waals surface area contributed by atoms with E-state index in [1.165, 1.54) is 0 Å². The number of carboxylic acid groups (broad SMARTS) is 1. The Bertz CT molecular complexity index is 216. The van der Waals surface area contributed by atoms with Gasteiger partial charge in [-0.2, -0.15) is 0 Å². The van der Waals surface area contributed by atoms with Crippen LogP contribution in [0.1, 0.15) is 25.7 Å². The first kappa shape index (κ1) is 9.93. The molecule has 0 spiro atoms. The molecule has 0 bridgehead atoms. The molecule has 0 aromatic rings. The first-order valence-electron chi connectivity index (χ1n) is 5.16. The summed E-state index contributed by atoms with van der Waals surface area (Å²) in [5.74, 6) is -0.378. The molecule has 1 unspecified atom stereocenters. The van der Waals surface area contributed by atoms with Crippen molar-refractivity contribution < 1.29 is 19.4 Å². The van der Waals surface area contributed by atoms with Gasteiger partial charge in [0.15, 0.2) is 0 Å². The van der Waals surface area contributed by atoms with E-state index in [2.05, 4.69) is 0 Å². The number of carboxylic acids is 1. The van der Waals surface area contributed by atoms with E-state index < -0.39 is 5.97 Å². The molecular weight excluding hydrogens is 184 g/mol. The standard InChI is InChI=1S/C10H16O4/c11-9(12)7-10(3-6-14-10)8-1-4-13-5-2-8/h8H,1-7H2,(H,11,12). The van der Waals surface area contributed by atoms with Gasteiger partial charge in [0.05, 0.1) is 18.6 Å². The smallest absolute Gasteiger partial charge is 0.306 e. The number of carbonyl (C=O) groups is 1. The topological polar surface area (TPSA) is 55.8 Å². The lowest BCUT2D eigenvalue weighted by atomic mass is 9.74. The minimum Gasteiger partial charge on any atom is -0.481 e. The predicted octanol–water partition coefficient (Wildman–Crippen LogP) is 1.05. The minimum absolute atomic E-state index is 0.150. The SMILES string of the molecule is O=C(O)CC1(C2CCOCC2)CCO1. The molecule has 2 aliphatic rings. The van der Waals surface area contributed by atoms with Crippen LogP contribution in [0, 0.1) is 5.92 Å². The van der Waals surface area contributed by atoms with Crippen molar-refractivity contribution >= 4 is 5.97 Å². The highest BCUT2D eigenvalue weighted by atomic mass is 16.5. The quantitative estimate of drug-likeness (QED) is 0.739. The van der Waals surface area contributed by atoms with Crippen molar-refractivity contribution in [2.75, 3.05) is 19.8 Å². The molecule has 0 amide bonds. The molecule has 0 radical (unpaired) electrons. The summed E-state index contributed by atoms with van der Waals surface area (Å²) < 4.78 is 10.8. The Labute approximate surface area is 83.2 Å². The zero-order chi connectivity index (χ0) is 10.0. The highest BCUT2D eigenvalue weighted by molar-refractivity contribution is 5.68. The highest BCUT2D eigenvalue weighted by Gasteiger charge is 2.47. The van der Waals surface area contributed by atoms with Crippen LogP contribution in [0.2, 0.25) is 0 Å². The van der Waals surface area contributed by atoms with Crippen LogP contribution >= 0.6 is 0 Å². The van der Waals surface area contributed by atoms with Crippen LogP contribution in [0.25, 0.3) is 0 Å². The number of hydrogen-bond acceptors (Lipinski definition) is 3. The summed E-state index contributed by atoms with van der Waals surface area (Å²) in [6.45, 7) is 2.20. The number of hydrogen-bond donors (Lipinski definition) is 1. The molecule has 1 N–H and O–H groups in total. The second-order valence-electron chi connectivity index (χ2n) is 4.12. The zero-order valence-electron chi connectivity index (χ0n) is 8.20. The molecule has 14 heavy (non-hydrogen) atoms. The normalized spacial score (nSPS) is 33.7. The Hall–Kier alpha value is -0.610. The van der Waals surface area contributed by atoms with Crippen LogP contribution in [0.3, 0.4) is 0 Å². The van der Waals surface area contributed by atoms with E-state index in [0.29, 0.717) is 12.5 Å². The third kappa shape index (κ3) is 1.77. The first-order valence-corrected chi connectivity index (χ1v) is 5.16. The Morgan fingerprint density at radius 3 is 2.43 bits per heavy atom. The van der Waals surface area contributed by atoms with Crippen molar-refractivity contribution in [2.45, 2.75) is 31.3 Å². The summed E-state index contributed by atoms with van der Waals surface area (Å²) in [6.07, 6.45) is 2.92. The summed E-state index contributed by atoms with van der Waals surface area (Å²) in [4.78, 5) is 10.7. The van der Waals surface area contributed by atoms with Crippen LogP contribution in [-0.2, 0) is 14.3 Å². The molecule has 1 atom stereocenters. The second-order valence-corrected chi connectivity index (χ2v) is 4.12. The average molecular weight is 200 g/mol. The molecule has 4 nitrogen and oxygen atoms in total. The Morgan fingerprint density at radius 2 is 2.00 bits per heavy atom. The van der Waals surface area contributed by atoms with Gasteiger partial charge in [-0.1, -0.05) is 0 Å². The molecule has 2 fully saturated rings. The van der Waals surface area contributed by atoms with Gasteiger partial charge in [0.25, 0.3) is 0 Å². The van der Waals surface area contributed by atoms with Gasteiger partial charge in [0.1, 0.15) is 0 Å². The van der Waals surface area contributed by atoms with Gasteiger partial charge in [-0.05, 0) is 18.8 Å². The third-order valence-corrected chi connectivity index (χ3v) is 3.33. The summed E-state index contributed by atoms with van der Waals surface area (Å²) in [5, 5.41) is 8.83.